The predicted octanol–water partition coefficient (Wildman–Crippen LogP) is 15.8. The highest BCUT2D eigenvalue weighted by Gasteiger charge is 2.19. The first-order valence-electron chi connectivity index (χ1n) is 17.8. The van der Waals surface area contributed by atoms with E-state index in [0.29, 0.717) is 4.88 Å². The van der Waals surface area contributed by atoms with Gasteiger partial charge in [-0.2, -0.15) is 0 Å². The SMILES string of the molecule is C/C=C(\SC(F)c1ccc(-c2ccc(N(c3ccccc3)c3ccccc3)cc2)s1)c1ccc(-c2ccc(N(c3ccccc3)c3ccccc3)cc2)s1. The van der Waals surface area contributed by atoms with Gasteiger partial charge in [0.15, 0.2) is 5.50 Å². The Labute approximate surface area is 329 Å². The van der Waals surface area contributed by atoms with E-state index in [1.54, 1.807) is 11.3 Å². The molecule has 0 saturated carbocycles. The molecule has 8 rings (SSSR count). The quantitative estimate of drug-likeness (QED) is 0.123. The van der Waals surface area contributed by atoms with Crippen LogP contribution in [0.4, 0.5) is 38.5 Å². The summed E-state index contributed by atoms with van der Waals surface area (Å²) in [5.74, 6) is 0. The zero-order valence-corrected chi connectivity index (χ0v) is 32.1. The summed E-state index contributed by atoms with van der Waals surface area (Å²) in [7, 11) is 0. The lowest BCUT2D eigenvalue weighted by molar-refractivity contribution is 0.477. The molecule has 0 aliphatic heterocycles. The van der Waals surface area contributed by atoms with Crippen LogP contribution >= 0.6 is 34.4 Å². The topological polar surface area (TPSA) is 6.48 Å². The molecule has 1 unspecified atom stereocenters. The number of rotatable bonds is 12. The van der Waals surface area contributed by atoms with E-state index >= 15 is 4.39 Å². The number of halogens is 1. The molecule has 0 amide bonds. The van der Waals surface area contributed by atoms with Crippen molar-refractivity contribution in [3.63, 3.8) is 0 Å². The zero-order chi connectivity index (χ0) is 36.7. The van der Waals surface area contributed by atoms with Gasteiger partial charge in [0.1, 0.15) is 0 Å². The van der Waals surface area contributed by atoms with Crippen LogP contribution in [0.5, 0.6) is 0 Å². The minimum atomic E-state index is -1.17. The Kier molecular flexibility index (Phi) is 10.9. The van der Waals surface area contributed by atoms with Crippen molar-refractivity contribution >= 4 is 73.5 Å². The van der Waals surface area contributed by atoms with Gasteiger partial charge in [-0.05, 0) is 115 Å². The van der Waals surface area contributed by atoms with Crippen LogP contribution in [0, 0.1) is 0 Å². The van der Waals surface area contributed by atoms with Crippen molar-refractivity contribution < 1.29 is 4.39 Å². The second-order valence-electron chi connectivity index (χ2n) is 12.6. The summed E-state index contributed by atoms with van der Waals surface area (Å²) in [5, 5.41) is 0. The molecule has 2 nitrogen and oxygen atoms in total. The molecule has 54 heavy (non-hydrogen) atoms. The normalized spacial score (nSPS) is 12.0. The number of hydrogen-bond donors (Lipinski definition) is 0. The molecular formula is C48H37FN2S3. The monoisotopic (exact) mass is 756 g/mol. The van der Waals surface area contributed by atoms with Crippen molar-refractivity contribution in [2.75, 3.05) is 9.80 Å². The van der Waals surface area contributed by atoms with Crippen LogP contribution in [0.25, 0.3) is 25.8 Å². The molecular weight excluding hydrogens is 720 g/mol. The fourth-order valence-electron chi connectivity index (χ4n) is 6.45. The summed E-state index contributed by atoms with van der Waals surface area (Å²) in [6.07, 6.45) is 2.02. The number of hydrogen-bond acceptors (Lipinski definition) is 5. The molecule has 0 spiro atoms. The van der Waals surface area contributed by atoms with Gasteiger partial charge in [0.2, 0.25) is 0 Å². The van der Waals surface area contributed by atoms with E-state index in [2.05, 4.69) is 168 Å². The first kappa shape index (κ1) is 35.4. The second kappa shape index (κ2) is 16.6. The fourth-order valence-corrected chi connectivity index (χ4v) is 9.60. The molecule has 6 aromatic carbocycles. The van der Waals surface area contributed by atoms with Gasteiger partial charge in [-0.3, -0.25) is 0 Å². The first-order chi connectivity index (χ1) is 26.6. The highest BCUT2D eigenvalue weighted by atomic mass is 32.2. The van der Waals surface area contributed by atoms with Gasteiger partial charge in [-0.1, -0.05) is 115 Å². The third kappa shape index (κ3) is 7.82. The van der Waals surface area contributed by atoms with E-state index in [1.165, 1.54) is 23.1 Å². The number of anilines is 6. The van der Waals surface area contributed by atoms with E-state index in [1.807, 2.05) is 49.4 Å². The average molecular weight is 757 g/mol. The van der Waals surface area contributed by atoms with E-state index in [4.69, 9.17) is 0 Å². The van der Waals surface area contributed by atoms with Crippen molar-refractivity contribution in [2.24, 2.45) is 0 Å². The molecule has 2 heterocycles. The lowest BCUT2D eigenvalue weighted by atomic mass is 10.1. The maximum absolute atomic E-state index is 16.0. The largest absolute Gasteiger partial charge is 0.311 e. The molecule has 1 atom stereocenters. The van der Waals surface area contributed by atoms with Gasteiger partial charge in [0.25, 0.3) is 0 Å². The second-order valence-corrected chi connectivity index (χ2v) is 15.8. The fraction of sp³-hybridized carbons (Fsp3) is 0.0417. The van der Waals surface area contributed by atoms with Crippen molar-refractivity contribution in [3.8, 4) is 20.9 Å². The first-order valence-corrected chi connectivity index (χ1v) is 20.3. The predicted molar refractivity (Wildman–Crippen MR) is 234 cm³/mol. The average Bonchev–Trinajstić information content (AvgIpc) is 3.94. The molecule has 264 valence electrons. The number of thioether (sulfide) groups is 1. The molecule has 8 aromatic rings. The maximum Gasteiger partial charge on any atom is 0.184 e. The smallest absolute Gasteiger partial charge is 0.184 e. The molecule has 0 aliphatic rings. The Balaban J connectivity index is 0.957. The van der Waals surface area contributed by atoms with E-state index < -0.39 is 5.50 Å². The summed E-state index contributed by atoms with van der Waals surface area (Å²) < 4.78 is 16.0. The molecule has 0 saturated heterocycles. The Morgan fingerprint density at radius 2 is 0.833 bits per heavy atom. The van der Waals surface area contributed by atoms with E-state index in [9.17, 15) is 0 Å². The standard InChI is InChI=1S/C48H37FN2S3/c1-2-43(46-33-31-44(52-46)35-23-27-41(28-24-35)50(37-15-7-3-8-16-37)38-17-9-4-10-18-38)54-48(49)47-34-32-45(53-47)36-25-29-42(30-26-36)51(39-19-11-5-12-20-39)40-21-13-6-14-22-40/h2-34,48H,1H3/b43-2-. The van der Waals surface area contributed by atoms with Gasteiger partial charge < -0.3 is 9.80 Å². The molecule has 0 radical (unpaired) electrons. The summed E-state index contributed by atoms with van der Waals surface area (Å²) >= 11 is 4.48. The number of alkyl halides is 1. The molecule has 6 heteroatoms. The van der Waals surface area contributed by atoms with Crippen LogP contribution in [0.15, 0.2) is 200 Å². The van der Waals surface area contributed by atoms with Crippen LogP contribution < -0.4 is 9.80 Å². The minimum absolute atomic E-state index is 0.711. The van der Waals surface area contributed by atoms with Gasteiger partial charge in [-0.25, -0.2) is 4.39 Å². The van der Waals surface area contributed by atoms with Crippen LogP contribution in [0.2, 0.25) is 0 Å². The number of nitrogens with zero attached hydrogens (tertiary/aromatic N) is 2. The van der Waals surface area contributed by atoms with Gasteiger partial charge in [-0.15, -0.1) is 22.7 Å². The number of para-hydroxylation sites is 4. The Morgan fingerprint density at radius 1 is 0.463 bits per heavy atom. The summed E-state index contributed by atoms with van der Waals surface area (Å²) in [5.41, 5.74) is 7.59. The molecule has 0 bridgehead atoms. The third-order valence-electron chi connectivity index (χ3n) is 9.07. The molecule has 0 aliphatic carbocycles. The molecule has 0 fully saturated rings. The number of allylic oxidation sites excluding steroid dienone is 1. The van der Waals surface area contributed by atoms with E-state index in [0.717, 1.165) is 64.8 Å². The van der Waals surface area contributed by atoms with Crippen molar-refractivity contribution in [1.82, 2.24) is 0 Å². The van der Waals surface area contributed by atoms with Crippen molar-refractivity contribution in [3.05, 3.63) is 210 Å². The number of thiophene rings is 2. The highest BCUT2D eigenvalue weighted by Crippen LogP contribution is 2.47. The summed E-state index contributed by atoms with van der Waals surface area (Å²) in [4.78, 5) is 9.42. The maximum atomic E-state index is 16.0. The molecule has 0 N–H and O–H groups in total. The summed E-state index contributed by atoms with van der Waals surface area (Å²) in [6.45, 7) is 1.99. The van der Waals surface area contributed by atoms with E-state index in [-0.39, 0.29) is 0 Å². The van der Waals surface area contributed by atoms with Crippen LogP contribution in [-0.2, 0) is 0 Å². The lowest BCUT2D eigenvalue weighted by Gasteiger charge is -2.25. The van der Waals surface area contributed by atoms with Gasteiger partial charge in [0.05, 0.1) is 0 Å². The Hall–Kier alpha value is -5.66. The molecule has 2 aromatic heterocycles. The van der Waals surface area contributed by atoms with Crippen molar-refractivity contribution in [2.45, 2.75) is 12.4 Å². The van der Waals surface area contributed by atoms with Gasteiger partial charge in [0, 0.05) is 58.5 Å². The Bertz CT molecular complexity index is 2350. The van der Waals surface area contributed by atoms with Gasteiger partial charge >= 0.3 is 0 Å². The van der Waals surface area contributed by atoms with Crippen LogP contribution in [-0.4, -0.2) is 0 Å². The highest BCUT2D eigenvalue weighted by molar-refractivity contribution is 8.08. The zero-order valence-electron chi connectivity index (χ0n) is 29.6. The van der Waals surface area contributed by atoms with Crippen LogP contribution in [0.3, 0.4) is 0 Å². The Morgan fingerprint density at radius 3 is 1.24 bits per heavy atom. The van der Waals surface area contributed by atoms with Crippen LogP contribution in [0.1, 0.15) is 22.2 Å². The lowest BCUT2D eigenvalue weighted by Crippen LogP contribution is -2.09. The minimum Gasteiger partial charge on any atom is -0.311 e. The van der Waals surface area contributed by atoms with Crippen molar-refractivity contribution in [1.29, 1.82) is 0 Å². The summed E-state index contributed by atoms with van der Waals surface area (Å²) in [6, 6.07) is 67.0. The third-order valence-corrected chi connectivity index (χ3v) is 12.9. The number of benzene rings is 6.